The lowest BCUT2D eigenvalue weighted by molar-refractivity contribution is 0.0732. The lowest BCUT2D eigenvalue weighted by Crippen LogP contribution is -2.22. The van der Waals surface area contributed by atoms with E-state index in [4.69, 9.17) is 14.6 Å². The van der Waals surface area contributed by atoms with Gasteiger partial charge in [0.05, 0.1) is 11.3 Å². The fourth-order valence-corrected chi connectivity index (χ4v) is 3.71. The summed E-state index contributed by atoms with van der Waals surface area (Å²) in [6.07, 6.45) is 1.90. The number of nitrogens with two attached hydrogens (primary N) is 1. The number of anilines is 1. The topological polar surface area (TPSA) is 98.9 Å². The average molecular weight is 406 g/mol. The van der Waals surface area contributed by atoms with Gasteiger partial charge in [0.2, 0.25) is 10.0 Å². The number of para-hydroxylation sites is 1. The summed E-state index contributed by atoms with van der Waals surface area (Å²) < 4.78 is 35.1. The quantitative estimate of drug-likeness (QED) is 0.582. The Balaban J connectivity index is 2.20. The van der Waals surface area contributed by atoms with Crippen LogP contribution in [0.2, 0.25) is 0 Å². The van der Waals surface area contributed by atoms with E-state index in [1.165, 1.54) is 0 Å². The Hall–Kier alpha value is -2.49. The molecule has 3 rings (SSSR count). The van der Waals surface area contributed by atoms with Crippen LogP contribution < -0.4 is 14.8 Å². The lowest BCUT2D eigenvalue weighted by atomic mass is 10.1. The van der Waals surface area contributed by atoms with Crippen molar-refractivity contribution in [3.05, 3.63) is 48.0 Å². The Morgan fingerprint density at radius 2 is 1.81 bits per heavy atom. The number of esters is 1. The second kappa shape index (κ2) is 8.03. The first-order chi connectivity index (χ1) is 12.9. The van der Waals surface area contributed by atoms with Crippen molar-refractivity contribution < 1.29 is 22.7 Å². The van der Waals surface area contributed by atoms with Crippen LogP contribution in [-0.4, -0.2) is 33.0 Å². The molecule has 0 aromatic heterocycles. The number of benzene rings is 2. The first kappa shape index (κ1) is 19.3. The average Bonchev–Trinajstić information content (AvgIpc) is 3.16. The molecule has 0 spiro atoms. The number of primary sulfonamides is 1. The number of ether oxygens (including phenoxy) is 2. The van der Waals surface area contributed by atoms with Gasteiger partial charge in [0, 0.05) is 13.1 Å². The molecule has 1 fully saturated rings. The molecule has 2 aromatic rings. The minimum atomic E-state index is -4.17. The van der Waals surface area contributed by atoms with Gasteiger partial charge in [0.25, 0.3) is 0 Å². The summed E-state index contributed by atoms with van der Waals surface area (Å²) in [5.41, 5.74) is 1.32. The summed E-state index contributed by atoms with van der Waals surface area (Å²) >= 11 is 4.54. The standard InChI is InChI=1S/C18H18N2O5S2/c19-27(22,23)16-11-13(18(21)24-12-26)10-15(20-8-4-5-9-20)17(16)25-14-6-2-1-3-7-14/h1-3,6-7,10-12H,4-5,8-9H2,(H2,19,22,23). The van der Waals surface area contributed by atoms with Crippen molar-refractivity contribution in [1.82, 2.24) is 0 Å². The van der Waals surface area contributed by atoms with Gasteiger partial charge in [-0.15, -0.1) is 0 Å². The van der Waals surface area contributed by atoms with Gasteiger partial charge in [-0.1, -0.05) is 18.2 Å². The number of carbonyl (C=O) groups is 1. The molecule has 0 aliphatic carbocycles. The maximum Gasteiger partial charge on any atom is 0.343 e. The fraction of sp³-hybridized carbons (Fsp3) is 0.222. The number of hydrogen-bond donors (Lipinski definition) is 1. The zero-order chi connectivity index (χ0) is 19.4. The predicted molar refractivity (Wildman–Crippen MR) is 105 cm³/mol. The highest BCUT2D eigenvalue weighted by molar-refractivity contribution is 7.89. The molecule has 1 aliphatic rings. The van der Waals surface area contributed by atoms with E-state index in [-0.39, 0.29) is 16.2 Å². The molecule has 1 heterocycles. The molecule has 142 valence electrons. The van der Waals surface area contributed by atoms with Gasteiger partial charge in [-0.2, -0.15) is 0 Å². The van der Waals surface area contributed by atoms with E-state index in [9.17, 15) is 13.2 Å². The van der Waals surface area contributed by atoms with Gasteiger partial charge in [0.15, 0.2) is 11.3 Å². The van der Waals surface area contributed by atoms with Crippen molar-refractivity contribution in [3.63, 3.8) is 0 Å². The lowest BCUT2D eigenvalue weighted by Gasteiger charge is -2.23. The molecule has 9 heteroatoms. The molecule has 0 amide bonds. The summed E-state index contributed by atoms with van der Waals surface area (Å²) in [7, 11) is -4.17. The second-order valence-electron chi connectivity index (χ2n) is 5.98. The molecule has 0 unspecified atom stereocenters. The maximum absolute atomic E-state index is 12.2. The molecule has 2 aromatic carbocycles. The molecule has 1 saturated heterocycles. The Kier molecular flexibility index (Phi) is 5.73. The summed E-state index contributed by atoms with van der Waals surface area (Å²) in [5, 5.41) is 5.42. The van der Waals surface area contributed by atoms with Crippen LogP contribution in [0.1, 0.15) is 23.2 Å². The van der Waals surface area contributed by atoms with E-state index in [1.54, 1.807) is 30.3 Å². The van der Waals surface area contributed by atoms with Gasteiger partial charge in [-0.3, -0.25) is 0 Å². The van der Waals surface area contributed by atoms with E-state index in [1.807, 2.05) is 11.0 Å². The minimum Gasteiger partial charge on any atom is -0.454 e. The van der Waals surface area contributed by atoms with Crippen molar-refractivity contribution in [2.45, 2.75) is 17.7 Å². The van der Waals surface area contributed by atoms with Crippen molar-refractivity contribution in [2.75, 3.05) is 18.0 Å². The van der Waals surface area contributed by atoms with Crippen LogP contribution in [0.15, 0.2) is 47.4 Å². The molecule has 0 saturated carbocycles. The van der Waals surface area contributed by atoms with E-state index in [0.717, 1.165) is 24.5 Å². The SMILES string of the molecule is NS(=O)(=O)c1cc(C(=O)OC=S)cc(N2CCCC2)c1Oc1ccccc1. The molecule has 7 nitrogen and oxygen atoms in total. The molecule has 0 radical (unpaired) electrons. The zero-order valence-electron chi connectivity index (χ0n) is 14.3. The van der Waals surface area contributed by atoms with Gasteiger partial charge in [0.1, 0.15) is 10.6 Å². The van der Waals surface area contributed by atoms with E-state index in [0.29, 0.717) is 24.5 Å². The molecule has 2 N–H and O–H groups in total. The van der Waals surface area contributed by atoms with Crippen molar-refractivity contribution in [3.8, 4) is 11.5 Å². The number of rotatable bonds is 6. The van der Waals surface area contributed by atoms with Gasteiger partial charge >= 0.3 is 5.97 Å². The molecule has 1 aliphatic heterocycles. The Labute approximate surface area is 162 Å². The van der Waals surface area contributed by atoms with Crippen LogP contribution in [0.5, 0.6) is 11.5 Å². The van der Waals surface area contributed by atoms with Crippen LogP contribution in [0.3, 0.4) is 0 Å². The maximum atomic E-state index is 12.2. The largest absolute Gasteiger partial charge is 0.454 e. The van der Waals surface area contributed by atoms with Crippen LogP contribution in [0, 0.1) is 0 Å². The van der Waals surface area contributed by atoms with Gasteiger partial charge in [-0.05, 0) is 49.3 Å². The third-order valence-corrected chi connectivity index (χ3v) is 5.16. The molecule has 0 atom stereocenters. The third kappa shape index (κ3) is 4.44. The first-order valence-corrected chi connectivity index (χ1v) is 10.3. The fourth-order valence-electron chi connectivity index (χ4n) is 2.93. The van der Waals surface area contributed by atoms with E-state index >= 15 is 0 Å². The van der Waals surface area contributed by atoms with Gasteiger partial charge < -0.3 is 14.4 Å². The zero-order valence-corrected chi connectivity index (χ0v) is 16.0. The highest BCUT2D eigenvalue weighted by Gasteiger charge is 2.27. The smallest absolute Gasteiger partial charge is 0.343 e. The van der Waals surface area contributed by atoms with Crippen LogP contribution in [-0.2, 0) is 14.8 Å². The highest BCUT2D eigenvalue weighted by atomic mass is 32.2. The Morgan fingerprint density at radius 3 is 2.41 bits per heavy atom. The van der Waals surface area contributed by atoms with E-state index < -0.39 is 16.0 Å². The van der Waals surface area contributed by atoms with Gasteiger partial charge in [-0.25, -0.2) is 18.4 Å². The Bertz CT molecular complexity index is 955. The number of hydrogen-bond acceptors (Lipinski definition) is 7. The van der Waals surface area contributed by atoms with Crippen LogP contribution in [0.25, 0.3) is 0 Å². The highest BCUT2D eigenvalue weighted by Crippen LogP contribution is 2.40. The predicted octanol–water partition coefficient (Wildman–Crippen LogP) is 2.84. The van der Waals surface area contributed by atoms with Crippen LogP contribution >= 0.6 is 12.2 Å². The Morgan fingerprint density at radius 1 is 1.15 bits per heavy atom. The monoisotopic (exact) mass is 406 g/mol. The summed E-state index contributed by atoms with van der Waals surface area (Å²) in [6, 6.07) is 11.5. The normalized spacial score (nSPS) is 14.0. The van der Waals surface area contributed by atoms with Crippen molar-refractivity contribution in [1.29, 1.82) is 0 Å². The third-order valence-electron chi connectivity index (χ3n) is 4.14. The molecular formula is C18H18N2O5S2. The first-order valence-electron chi connectivity index (χ1n) is 8.23. The van der Waals surface area contributed by atoms with E-state index in [2.05, 4.69) is 12.2 Å². The van der Waals surface area contributed by atoms with Crippen molar-refractivity contribution >= 4 is 39.5 Å². The number of sulfonamides is 1. The summed E-state index contributed by atoms with van der Waals surface area (Å²) in [5.74, 6) is -0.219. The second-order valence-corrected chi connectivity index (χ2v) is 7.70. The number of nitrogens with zero attached hydrogens (tertiary/aromatic N) is 1. The van der Waals surface area contributed by atoms with Crippen molar-refractivity contribution in [2.24, 2.45) is 5.14 Å². The molecular weight excluding hydrogens is 388 g/mol. The summed E-state index contributed by atoms with van der Waals surface area (Å²) in [6.45, 7) is 1.42. The van der Waals surface area contributed by atoms with Crippen LogP contribution in [0.4, 0.5) is 5.69 Å². The number of carbonyl (C=O) groups excluding carboxylic acids is 1. The minimum absolute atomic E-state index is 0.0300. The summed E-state index contributed by atoms with van der Waals surface area (Å²) in [4.78, 5) is 13.8. The number of thiocarbonyl (C=S) groups is 1. The molecule has 27 heavy (non-hydrogen) atoms. The molecule has 0 bridgehead atoms.